The molecule has 0 saturated heterocycles. The predicted molar refractivity (Wildman–Crippen MR) is 117 cm³/mol. The first-order valence-electron chi connectivity index (χ1n) is 9.93. The minimum atomic E-state index is -4.94. The molecule has 1 aromatic carbocycles. The Bertz CT molecular complexity index is 1340. The fourth-order valence-electron chi connectivity index (χ4n) is 2.98. The van der Waals surface area contributed by atoms with E-state index in [9.17, 15) is 27.1 Å². The number of aromatic nitrogens is 5. The maximum Gasteiger partial charge on any atom is 0.418 e. The first-order chi connectivity index (χ1) is 16.4. The van der Waals surface area contributed by atoms with E-state index >= 15 is 0 Å². The lowest BCUT2D eigenvalue weighted by atomic mass is 10.1. The quantitative estimate of drug-likeness (QED) is 0.314. The van der Waals surface area contributed by atoms with Gasteiger partial charge < -0.3 is 14.9 Å². The molecule has 1 atom stereocenters. The van der Waals surface area contributed by atoms with Gasteiger partial charge in [-0.1, -0.05) is 27.2 Å². The summed E-state index contributed by atoms with van der Waals surface area (Å²) in [6.07, 6.45) is -2.86. The average Bonchev–Trinajstić information content (AvgIpc) is 3.44. The van der Waals surface area contributed by atoms with Crippen molar-refractivity contribution in [2.75, 3.05) is 11.9 Å². The Morgan fingerprint density at radius 1 is 1.11 bits per heavy atom. The van der Waals surface area contributed by atoms with Crippen molar-refractivity contribution in [2.24, 2.45) is 0 Å². The van der Waals surface area contributed by atoms with E-state index in [1.807, 2.05) is 0 Å². The number of aliphatic hydroxyl groups is 1. The third-order valence-electron chi connectivity index (χ3n) is 5.00. The van der Waals surface area contributed by atoms with Crippen molar-refractivity contribution in [1.29, 1.82) is 0 Å². The van der Waals surface area contributed by atoms with Crippen LogP contribution in [0.5, 0.6) is 0 Å². The Hall–Kier alpha value is -3.39. The second-order valence-electron chi connectivity index (χ2n) is 7.71. The molecule has 0 amide bonds. The zero-order valence-electron chi connectivity index (χ0n) is 17.8. The van der Waals surface area contributed by atoms with Crippen molar-refractivity contribution in [2.45, 2.75) is 25.2 Å². The minimum absolute atomic E-state index is 0.0118. The van der Waals surface area contributed by atoms with Gasteiger partial charge in [0.2, 0.25) is 0 Å². The summed E-state index contributed by atoms with van der Waals surface area (Å²) in [6, 6.07) is 7.57. The van der Waals surface area contributed by atoms with Crippen LogP contribution in [0.15, 0.2) is 51.8 Å². The molecule has 4 aromatic rings. The van der Waals surface area contributed by atoms with Crippen molar-refractivity contribution in [3.8, 4) is 22.9 Å². The van der Waals surface area contributed by atoms with Crippen molar-refractivity contribution in [3.05, 3.63) is 64.5 Å². The van der Waals surface area contributed by atoms with E-state index in [0.717, 1.165) is 6.20 Å². The standard InChI is InChI=1S/C21H16BrF5N6O2/c1-20(34,21(25,26)27)10-29-18-14(24)8-28-19(30-18)16-7-17(15-4-5-35-32-15)33(31-16)9-11-2-3-12(22)6-13(11)23/h2-8,34H,9-10H2,1H3,(H,28,29,30). The Balaban J connectivity index is 1.68. The zero-order chi connectivity index (χ0) is 25.4. The van der Waals surface area contributed by atoms with Crippen LogP contribution in [-0.4, -0.2) is 48.3 Å². The largest absolute Gasteiger partial charge is 0.418 e. The van der Waals surface area contributed by atoms with Gasteiger partial charge in [0.05, 0.1) is 25.0 Å². The topological polar surface area (TPSA) is 102 Å². The number of halogens is 6. The third-order valence-corrected chi connectivity index (χ3v) is 5.49. The van der Waals surface area contributed by atoms with E-state index in [1.165, 1.54) is 23.1 Å². The van der Waals surface area contributed by atoms with Gasteiger partial charge in [0.1, 0.15) is 23.5 Å². The number of anilines is 1. The molecule has 0 aliphatic carbocycles. The van der Waals surface area contributed by atoms with Crippen LogP contribution in [0, 0.1) is 11.6 Å². The van der Waals surface area contributed by atoms with Crippen LogP contribution in [0.25, 0.3) is 22.9 Å². The van der Waals surface area contributed by atoms with Gasteiger partial charge in [-0.3, -0.25) is 4.68 Å². The molecule has 3 heterocycles. The molecule has 0 bridgehead atoms. The van der Waals surface area contributed by atoms with Gasteiger partial charge in [-0.2, -0.15) is 18.3 Å². The maximum absolute atomic E-state index is 14.4. The maximum atomic E-state index is 14.4. The van der Waals surface area contributed by atoms with Crippen LogP contribution >= 0.6 is 15.9 Å². The highest BCUT2D eigenvalue weighted by Crippen LogP contribution is 2.31. The molecule has 0 aliphatic heterocycles. The summed E-state index contributed by atoms with van der Waals surface area (Å²) < 4.78 is 74.2. The monoisotopic (exact) mass is 558 g/mol. The van der Waals surface area contributed by atoms with Crippen molar-refractivity contribution in [3.63, 3.8) is 0 Å². The van der Waals surface area contributed by atoms with Crippen LogP contribution < -0.4 is 5.32 Å². The van der Waals surface area contributed by atoms with E-state index < -0.39 is 35.8 Å². The number of alkyl halides is 3. The van der Waals surface area contributed by atoms with Crippen LogP contribution in [-0.2, 0) is 6.54 Å². The first kappa shape index (κ1) is 24.7. The van der Waals surface area contributed by atoms with Crippen LogP contribution in [0.4, 0.5) is 27.8 Å². The van der Waals surface area contributed by atoms with Crippen molar-refractivity contribution < 1.29 is 31.6 Å². The number of hydrogen-bond donors (Lipinski definition) is 2. The van der Waals surface area contributed by atoms with Gasteiger partial charge in [0.15, 0.2) is 23.1 Å². The second-order valence-corrected chi connectivity index (χ2v) is 8.62. The molecule has 1 unspecified atom stereocenters. The molecule has 0 aliphatic rings. The Kier molecular flexibility index (Phi) is 6.60. The van der Waals surface area contributed by atoms with E-state index in [-0.39, 0.29) is 18.1 Å². The Morgan fingerprint density at radius 3 is 2.54 bits per heavy atom. The minimum Gasteiger partial charge on any atom is -0.379 e. The Morgan fingerprint density at radius 2 is 1.89 bits per heavy atom. The Labute approximate surface area is 202 Å². The highest BCUT2D eigenvalue weighted by molar-refractivity contribution is 9.10. The molecule has 0 spiro atoms. The summed E-state index contributed by atoms with van der Waals surface area (Å²) in [5, 5.41) is 20.0. The summed E-state index contributed by atoms with van der Waals surface area (Å²) in [7, 11) is 0. The highest BCUT2D eigenvalue weighted by atomic mass is 79.9. The molecule has 0 radical (unpaired) electrons. The molecule has 2 N–H and O–H groups in total. The van der Waals surface area contributed by atoms with Gasteiger partial charge in [-0.15, -0.1) is 0 Å². The lowest BCUT2D eigenvalue weighted by molar-refractivity contribution is -0.246. The van der Waals surface area contributed by atoms with E-state index in [0.29, 0.717) is 28.3 Å². The van der Waals surface area contributed by atoms with Crippen molar-refractivity contribution in [1.82, 2.24) is 24.9 Å². The van der Waals surface area contributed by atoms with E-state index in [4.69, 9.17) is 4.52 Å². The SMILES string of the molecule is CC(O)(CNc1nc(-c2cc(-c3ccon3)n(Cc3ccc(Br)cc3F)n2)ncc1F)C(F)(F)F. The summed E-state index contributed by atoms with van der Waals surface area (Å²) in [5.74, 6) is -2.19. The molecular weight excluding hydrogens is 543 g/mol. The molecule has 4 rings (SSSR count). The third kappa shape index (κ3) is 5.32. The summed E-state index contributed by atoms with van der Waals surface area (Å²) in [4.78, 5) is 7.79. The van der Waals surface area contributed by atoms with Gasteiger partial charge in [-0.05, 0) is 25.1 Å². The van der Waals surface area contributed by atoms with Gasteiger partial charge in [0, 0.05) is 16.1 Å². The predicted octanol–water partition coefficient (Wildman–Crippen LogP) is 4.81. The molecule has 3 aromatic heterocycles. The number of hydrogen-bond acceptors (Lipinski definition) is 7. The zero-order valence-corrected chi connectivity index (χ0v) is 19.4. The smallest absolute Gasteiger partial charge is 0.379 e. The molecule has 35 heavy (non-hydrogen) atoms. The van der Waals surface area contributed by atoms with Gasteiger partial charge >= 0.3 is 6.18 Å². The fraction of sp³-hybridized carbons (Fsp3) is 0.238. The van der Waals surface area contributed by atoms with Crippen LogP contribution in [0.2, 0.25) is 0 Å². The highest BCUT2D eigenvalue weighted by Gasteiger charge is 2.49. The normalized spacial score (nSPS) is 13.6. The van der Waals surface area contributed by atoms with Crippen LogP contribution in [0.3, 0.4) is 0 Å². The summed E-state index contributed by atoms with van der Waals surface area (Å²) in [5.41, 5.74) is -1.93. The number of nitrogens with zero attached hydrogens (tertiary/aromatic N) is 5. The van der Waals surface area contributed by atoms with E-state index in [2.05, 4.69) is 41.5 Å². The molecule has 0 fully saturated rings. The lowest BCUT2D eigenvalue weighted by Gasteiger charge is -2.26. The van der Waals surface area contributed by atoms with Crippen LogP contribution in [0.1, 0.15) is 12.5 Å². The second kappa shape index (κ2) is 9.34. The first-order valence-corrected chi connectivity index (χ1v) is 10.7. The number of nitrogens with one attached hydrogen (secondary N) is 1. The molecular formula is C21H16BrF5N6O2. The number of benzene rings is 1. The summed E-state index contributed by atoms with van der Waals surface area (Å²) >= 11 is 3.19. The van der Waals surface area contributed by atoms with Gasteiger partial charge in [-0.25, -0.2) is 18.7 Å². The average molecular weight is 559 g/mol. The van der Waals surface area contributed by atoms with E-state index in [1.54, 1.807) is 18.2 Å². The number of rotatable bonds is 7. The molecule has 184 valence electrons. The summed E-state index contributed by atoms with van der Waals surface area (Å²) in [6.45, 7) is -0.513. The van der Waals surface area contributed by atoms with Gasteiger partial charge in [0.25, 0.3) is 0 Å². The lowest BCUT2D eigenvalue weighted by Crippen LogP contribution is -2.47. The fourth-order valence-corrected chi connectivity index (χ4v) is 3.31. The van der Waals surface area contributed by atoms with Crippen molar-refractivity contribution >= 4 is 21.7 Å². The molecule has 8 nitrogen and oxygen atoms in total. The molecule has 14 heteroatoms. The molecule has 0 saturated carbocycles.